The van der Waals surface area contributed by atoms with Gasteiger partial charge in [-0.25, -0.2) is 14.2 Å². The Morgan fingerprint density at radius 2 is 1.66 bits per heavy atom. The van der Waals surface area contributed by atoms with E-state index in [1.807, 2.05) is 53.8 Å². The summed E-state index contributed by atoms with van der Waals surface area (Å²) in [5.74, 6) is -2.95. The molecule has 1 aromatic heterocycles. The quantitative estimate of drug-likeness (QED) is 0.429. The maximum atomic E-state index is 12.3. The van der Waals surface area contributed by atoms with Crippen LogP contribution in [0.1, 0.15) is 27.5 Å². The molecule has 11 nitrogen and oxygen atoms in total. The molecule has 32 heavy (non-hydrogen) atoms. The molecule has 4 rings (SSSR count). The summed E-state index contributed by atoms with van der Waals surface area (Å²) in [4.78, 5) is 35.5. The molecule has 1 aliphatic carbocycles. The number of aliphatic hydroxyl groups excluding tert-OH is 1. The number of benzene rings is 2. The van der Waals surface area contributed by atoms with Gasteiger partial charge < -0.3 is 20.3 Å². The third-order valence-electron chi connectivity index (χ3n) is 5.05. The molecule has 164 valence electrons. The van der Waals surface area contributed by atoms with Crippen molar-refractivity contribution in [3.8, 4) is 11.1 Å². The second-order valence-corrected chi connectivity index (χ2v) is 6.96. The van der Waals surface area contributed by atoms with Gasteiger partial charge in [-0.2, -0.15) is 0 Å². The summed E-state index contributed by atoms with van der Waals surface area (Å²) in [6.07, 6.45) is -0.895. The first kappa shape index (κ1) is 21.0. The van der Waals surface area contributed by atoms with E-state index in [1.165, 1.54) is 0 Å². The zero-order valence-electron chi connectivity index (χ0n) is 16.5. The highest BCUT2D eigenvalue weighted by atomic mass is 16.6. The zero-order chi connectivity index (χ0) is 22.7. The van der Waals surface area contributed by atoms with Crippen molar-refractivity contribution in [3.63, 3.8) is 0 Å². The van der Waals surface area contributed by atoms with Crippen LogP contribution in [-0.2, 0) is 9.53 Å². The Hall–Kier alpha value is -4.25. The van der Waals surface area contributed by atoms with E-state index >= 15 is 0 Å². The molecular formula is C21H18N4O7. The first-order chi connectivity index (χ1) is 15.5. The van der Waals surface area contributed by atoms with Crippen LogP contribution < -0.4 is 10.6 Å². The first-order valence-electron chi connectivity index (χ1n) is 9.58. The lowest BCUT2D eigenvalue weighted by Gasteiger charge is -2.14. The highest BCUT2D eigenvalue weighted by molar-refractivity contribution is 6.01. The molecule has 11 heteroatoms. The molecule has 0 fully saturated rings. The van der Waals surface area contributed by atoms with E-state index in [9.17, 15) is 14.4 Å². The van der Waals surface area contributed by atoms with Crippen molar-refractivity contribution >= 4 is 23.8 Å². The number of carboxylic acids is 1. The molecule has 0 bridgehead atoms. The van der Waals surface area contributed by atoms with Gasteiger partial charge in [0.05, 0.1) is 6.61 Å². The minimum absolute atomic E-state index is 0.0400. The number of nitrogens with zero attached hydrogens (tertiary/aromatic N) is 2. The zero-order valence-corrected chi connectivity index (χ0v) is 16.5. The van der Waals surface area contributed by atoms with Gasteiger partial charge in [0.25, 0.3) is 5.91 Å². The molecule has 0 saturated heterocycles. The molecule has 1 aliphatic rings. The van der Waals surface area contributed by atoms with Crippen molar-refractivity contribution in [3.05, 3.63) is 65.4 Å². The number of carbonyl (C=O) groups is 3. The largest absolute Gasteiger partial charge is 0.480 e. The molecule has 1 heterocycles. The van der Waals surface area contributed by atoms with E-state index in [2.05, 4.69) is 20.3 Å². The molecule has 2 amide bonds. The van der Waals surface area contributed by atoms with E-state index in [0.29, 0.717) is 0 Å². The number of aromatic nitrogens is 2. The fourth-order valence-electron chi connectivity index (χ4n) is 3.56. The SMILES string of the molecule is O=C(Nc1nonc1C(=O)N[C@@H](CO)C(=O)O)OCC1c2ccccc2-c2ccccc21. The van der Waals surface area contributed by atoms with Gasteiger partial charge in [0.2, 0.25) is 11.5 Å². The van der Waals surface area contributed by atoms with Gasteiger partial charge in [0.1, 0.15) is 6.61 Å². The Morgan fingerprint density at radius 1 is 1.03 bits per heavy atom. The van der Waals surface area contributed by atoms with Crippen LogP contribution in [-0.4, -0.2) is 57.8 Å². The summed E-state index contributed by atoms with van der Waals surface area (Å²) in [7, 11) is 0. The Labute approximate surface area is 181 Å². The van der Waals surface area contributed by atoms with Crippen LogP contribution in [0.5, 0.6) is 0 Å². The number of fused-ring (bicyclic) bond motifs is 3. The minimum Gasteiger partial charge on any atom is -0.480 e. The molecule has 0 saturated carbocycles. The van der Waals surface area contributed by atoms with Crippen molar-refractivity contribution in [2.45, 2.75) is 12.0 Å². The third kappa shape index (κ3) is 4.01. The number of aliphatic carboxylic acids is 1. The Kier molecular flexibility index (Phi) is 5.81. The van der Waals surface area contributed by atoms with Gasteiger partial charge in [-0.3, -0.25) is 10.1 Å². The number of anilines is 1. The maximum absolute atomic E-state index is 12.3. The topological polar surface area (TPSA) is 164 Å². The van der Waals surface area contributed by atoms with Gasteiger partial charge >= 0.3 is 12.1 Å². The standard InChI is InChI=1S/C21H18N4O7/c26-9-16(20(28)29)22-19(27)17-18(25-32-24-17)23-21(30)31-10-15-13-7-3-1-5-11(13)12-6-2-4-8-14(12)15/h1-8,15-16,26H,9-10H2,(H,22,27)(H,28,29)(H,23,25,30)/t16-/m0/s1. The highest BCUT2D eigenvalue weighted by Gasteiger charge is 2.30. The fourth-order valence-corrected chi connectivity index (χ4v) is 3.56. The third-order valence-corrected chi connectivity index (χ3v) is 5.05. The van der Waals surface area contributed by atoms with E-state index in [1.54, 1.807) is 0 Å². The van der Waals surface area contributed by atoms with Crippen LogP contribution in [0.3, 0.4) is 0 Å². The predicted molar refractivity (Wildman–Crippen MR) is 109 cm³/mol. The van der Waals surface area contributed by atoms with Crippen molar-refractivity contribution in [1.82, 2.24) is 15.6 Å². The fraction of sp³-hybridized carbons (Fsp3) is 0.190. The summed E-state index contributed by atoms with van der Waals surface area (Å²) >= 11 is 0. The van der Waals surface area contributed by atoms with Gasteiger partial charge in [-0.1, -0.05) is 48.5 Å². The summed E-state index contributed by atoms with van der Waals surface area (Å²) < 4.78 is 9.84. The van der Waals surface area contributed by atoms with Gasteiger partial charge in [0.15, 0.2) is 6.04 Å². The highest BCUT2D eigenvalue weighted by Crippen LogP contribution is 2.44. The number of amides is 2. The number of nitrogens with one attached hydrogen (secondary N) is 2. The smallest absolute Gasteiger partial charge is 0.412 e. The van der Waals surface area contributed by atoms with Crippen LogP contribution in [0, 0.1) is 0 Å². The molecule has 1 atom stereocenters. The van der Waals surface area contributed by atoms with Crippen LogP contribution in [0.4, 0.5) is 10.6 Å². The number of hydrogen-bond donors (Lipinski definition) is 4. The van der Waals surface area contributed by atoms with Crippen LogP contribution in [0.2, 0.25) is 0 Å². The Morgan fingerprint density at radius 3 is 2.25 bits per heavy atom. The number of aliphatic hydroxyl groups is 1. The lowest BCUT2D eigenvalue weighted by Crippen LogP contribution is -2.43. The Balaban J connectivity index is 1.42. The molecule has 2 aromatic carbocycles. The number of ether oxygens (including phenoxy) is 1. The summed E-state index contributed by atoms with van der Waals surface area (Å²) in [6.45, 7) is -0.792. The predicted octanol–water partition coefficient (Wildman–Crippen LogP) is 1.61. The lowest BCUT2D eigenvalue weighted by atomic mass is 9.98. The number of carbonyl (C=O) groups excluding carboxylic acids is 2. The van der Waals surface area contributed by atoms with E-state index in [-0.39, 0.29) is 18.3 Å². The monoisotopic (exact) mass is 438 g/mol. The number of carboxylic acid groups (broad SMARTS) is 1. The van der Waals surface area contributed by atoms with E-state index < -0.39 is 36.3 Å². The second kappa shape index (κ2) is 8.86. The van der Waals surface area contributed by atoms with Crippen LogP contribution >= 0.6 is 0 Å². The van der Waals surface area contributed by atoms with E-state index in [0.717, 1.165) is 22.3 Å². The average Bonchev–Trinajstić information content (AvgIpc) is 3.38. The maximum Gasteiger partial charge on any atom is 0.412 e. The van der Waals surface area contributed by atoms with Crippen LogP contribution in [0.15, 0.2) is 53.2 Å². The average molecular weight is 438 g/mol. The van der Waals surface area contributed by atoms with Crippen LogP contribution in [0.25, 0.3) is 11.1 Å². The van der Waals surface area contributed by atoms with Crippen molar-refractivity contribution in [2.75, 3.05) is 18.5 Å². The summed E-state index contributed by atoms with van der Waals surface area (Å²) in [5, 5.41) is 29.1. The molecule has 0 spiro atoms. The second-order valence-electron chi connectivity index (χ2n) is 6.96. The minimum atomic E-state index is -1.55. The first-order valence-corrected chi connectivity index (χ1v) is 9.58. The number of hydrogen-bond acceptors (Lipinski definition) is 8. The Bertz CT molecular complexity index is 1130. The molecule has 4 N–H and O–H groups in total. The lowest BCUT2D eigenvalue weighted by molar-refractivity contribution is -0.140. The van der Waals surface area contributed by atoms with Gasteiger partial charge in [-0.05, 0) is 32.6 Å². The van der Waals surface area contributed by atoms with Crippen molar-refractivity contribution in [1.29, 1.82) is 0 Å². The molecule has 0 aliphatic heterocycles. The van der Waals surface area contributed by atoms with Gasteiger partial charge in [0, 0.05) is 5.92 Å². The number of rotatable bonds is 7. The van der Waals surface area contributed by atoms with Crippen molar-refractivity contribution < 1.29 is 34.0 Å². The molecule has 3 aromatic rings. The van der Waals surface area contributed by atoms with E-state index in [4.69, 9.17) is 14.9 Å². The normalized spacial score (nSPS) is 13.0. The molecular weight excluding hydrogens is 420 g/mol. The summed E-state index contributed by atoms with van der Waals surface area (Å²) in [5.41, 5.74) is 3.77. The summed E-state index contributed by atoms with van der Waals surface area (Å²) in [6, 6.07) is 14.1. The molecule has 0 unspecified atom stereocenters. The molecule has 0 radical (unpaired) electrons. The van der Waals surface area contributed by atoms with Gasteiger partial charge in [-0.15, -0.1) is 0 Å². The van der Waals surface area contributed by atoms with Crippen molar-refractivity contribution in [2.24, 2.45) is 0 Å².